The van der Waals surface area contributed by atoms with Gasteiger partial charge in [0.1, 0.15) is 6.10 Å². The molecule has 0 spiro atoms. The Labute approximate surface area is 118 Å². The summed E-state index contributed by atoms with van der Waals surface area (Å²) in [6.45, 7) is 3.61. The van der Waals surface area contributed by atoms with Crippen LogP contribution in [0.1, 0.15) is 13.8 Å². The lowest BCUT2D eigenvalue weighted by Gasteiger charge is -2.24. The molecule has 2 amide bonds. The van der Waals surface area contributed by atoms with E-state index >= 15 is 0 Å². The number of nitrogens with zero attached hydrogens (tertiary/aromatic N) is 1. The number of carbonyl (C=O) groups is 1. The van der Waals surface area contributed by atoms with Crippen LogP contribution in [-0.4, -0.2) is 48.4 Å². The molecule has 1 aromatic carbocycles. The summed E-state index contributed by atoms with van der Waals surface area (Å²) >= 11 is 0. The van der Waals surface area contributed by atoms with Gasteiger partial charge >= 0.3 is 6.03 Å². The number of urea groups is 1. The summed E-state index contributed by atoms with van der Waals surface area (Å²) in [6, 6.07) is 5.54. The van der Waals surface area contributed by atoms with Crippen LogP contribution in [-0.2, 0) is 0 Å². The van der Waals surface area contributed by atoms with Gasteiger partial charge in [-0.25, -0.2) is 9.18 Å². The second kappa shape index (κ2) is 7.69. The fourth-order valence-electron chi connectivity index (χ4n) is 1.48. The van der Waals surface area contributed by atoms with Gasteiger partial charge in [0, 0.05) is 7.05 Å². The van der Waals surface area contributed by atoms with Crippen molar-refractivity contribution >= 4 is 6.03 Å². The van der Waals surface area contributed by atoms with Crippen LogP contribution in [0, 0.1) is 5.82 Å². The van der Waals surface area contributed by atoms with Crippen LogP contribution >= 0.6 is 0 Å². The number of para-hydroxylation sites is 1. The molecule has 0 aliphatic heterocycles. The second-order valence-electron chi connectivity index (χ2n) is 4.69. The molecule has 0 radical (unpaired) electrons. The molecule has 1 rings (SSSR count). The number of halogens is 1. The predicted octanol–water partition coefficient (Wildman–Crippen LogP) is 1.62. The molecule has 2 atom stereocenters. The lowest BCUT2D eigenvalue weighted by molar-refractivity contribution is 0.151. The van der Waals surface area contributed by atoms with Crippen molar-refractivity contribution in [2.45, 2.75) is 26.0 Å². The average molecular weight is 284 g/mol. The number of rotatable bonds is 6. The molecule has 0 bridgehead atoms. The minimum Gasteiger partial charge on any atom is -0.486 e. The van der Waals surface area contributed by atoms with E-state index in [1.807, 2.05) is 0 Å². The Balaban J connectivity index is 2.42. The predicted molar refractivity (Wildman–Crippen MR) is 74.2 cm³/mol. The Hall–Kier alpha value is -1.82. The van der Waals surface area contributed by atoms with E-state index in [-0.39, 0.29) is 37.1 Å². The standard InChI is InChI=1S/C14H21FN2O3/c1-10(9-18)17(3)14(19)16-8-11(2)20-13-7-5-4-6-12(13)15/h4-7,10-11,18H,8-9H2,1-3H3,(H,16,19). The number of hydrogen-bond acceptors (Lipinski definition) is 3. The molecule has 0 heterocycles. The maximum absolute atomic E-state index is 13.4. The number of benzene rings is 1. The van der Waals surface area contributed by atoms with E-state index in [9.17, 15) is 9.18 Å². The summed E-state index contributed by atoms with van der Waals surface area (Å²) in [7, 11) is 1.60. The highest BCUT2D eigenvalue weighted by Crippen LogP contribution is 2.16. The molecule has 112 valence electrons. The van der Waals surface area contributed by atoms with Crippen LogP contribution in [0.2, 0.25) is 0 Å². The summed E-state index contributed by atoms with van der Waals surface area (Å²) in [5, 5.41) is 11.6. The van der Waals surface area contributed by atoms with Crippen molar-refractivity contribution in [3.8, 4) is 5.75 Å². The van der Waals surface area contributed by atoms with Crippen molar-refractivity contribution in [2.24, 2.45) is 0 Å². The van der Waals surface area contributed by atoms with Crippen molar-refractivity contribution in [3.05, 3.63) is 30.1 Å². The van der Waals surface area contributed by atoms with E-state index in [0.717, 1.165) is 0 Å². The molecular formula is C14H21FN2O3. The average Bonchev–Trinajstić information content (AvgIpc) is 2.45. The van der Waals surface area contributed by atoms with E-state index in [1.54, 1.807) is 33.0 Å². The van der Waals surface area contributed by atoms with Gasteiger partial charge in [-0.2, -0.15) is 0 Å². The Morgan fingerprint density at radius 1 is 1.45 bits per heavy atom. The monoisotopic (exact) mass is 284 g/mol. The van der Waals surface area contributed by atoms with Crippen LogP contribution in [0.25, 0.3) is 0 Å². The zero-order chi connectivity index (χ0) is 15.1. The molecule has 1 aromatic rings. The number of amides is 2. The van der Waals surface area contributed by atoms with E-state index < -0.39 is 5.82 Å². The van der Waals surface area contributed by atoms with Gasteiger partial charge in [-0.3, -0.25) is 0 Å². The van der Waals surface area contributed by atoms with Crippen molar-refractivity contribution in [1.82, 2.24) is 10.2 Å². The molecule has 0 aliphatic rings. The van der Waals surface area contributed by atoms with Gasteiger partial charge in [0.15, 0.2) is 11.6 Å². The Kier molecular flexibility index (Phi) is 6.24. The number of hydrogen-bond donors (Lipinski definition) is 2. The molecule has 0 aliphatic carbocycles. The maximum atomic E-state index is 13.4. The molecule has 0 aromatic heterocycles. The number of ether oxygens (including phenoxy) is 1. The fourth-order valence-corrected chi connectivity index (χ4v) is 1.48. The highest BCUT2D eigenvalue weighted by Gasteiger charge is 2.16. The quantitative estimate of drug-likeness (QED) is 0.834. The second-order valence-corrected chi connectivity index (χ2v) is 4.69. The fraction of sp³-hybridized carbons (Fsp3) is 0.500. The molecule has 6 heteroatoms. The molecule has 0 fully saturated rings. The van der Waals surface area contributed by atoms with Gasteiger partial charge in [0.2, 0.25) is 0 Å². The number of likely N-dealkylation sites (N-methyl/N-ethyl adjacent to an activating group) is 1. The molecule has 20 heavy (non-hydrogen) atoms. The molecular weight excluding hydrogens is 263 g/mol. The summed E-state index contributed by atoms with van der Waals surface area (Å²) < 4.78 is 18.8. The third-order valence-corrected chi connectivity index (χ3v) is 2.95. The van der Waals surface area contributed by atoms with Gasteiger partial charge < -0.3 is 20.1 Å². The van der Waals surface area contributed by atoms with Gasteiger partial charge in [-0.05, 0) is 26.0 Å². The van der Waals surface area contributed by atoms with Crippen molar-refractivity contribution in [1.29, 1.82) is 0 Å². The third kappa shape index (κ3) is 4.70. The highest BCUT2D eigenvalue weighted by atomic mass is 19.1. The summed E-state index contributed by atoms with van der Waals surface area (Å²) in [4.78, 5) is 13.1. The minimum absolute atomic E-state index is 0.106. The summed E-state index contributed by atoms with van der Waals surface area (Å²) in [5.74, 6) is -0.275. The first kappa shape index (κ1) is 16.2. The smallest absolute Gasteiger partial charge is 0.317 e. The first-order chi connectivity index (χ1) is 9.45. The van der Waals surface area contributed by atoms with Crippen LogP contribution in [0.15, 0.2) is 24.3 Å². The maximum Gasteiger partial charge on any atom is 0.317 e. The normalized spacial score (nSPS) is 13.4. The Morgan fingerprint density at radius 3 is 2.70 bits per heavy atom. The first-order valence-corrected chi connectivity index (χ1v) is 6.48. The number of aliphatic hydroxyl groups is 1. The van der Waals surface area contributed by atoms with Crippen LogP contribution in [0.4, 0.5) is 9.18 Å². The van der Waals surface area contributed by atoms with Gasteiger partial charge in [0.05, 0.1) is 19.2 Å². The Bertz CT molecular complexity index is 442. The number of aliphatic hydroxyl groups excluding tert-OH is 1. The molecule has 0 saturated carbocycles. The third-order valence-electron chi connectivity index (χ3n) is 2.95. The van der Waals surface area contributed by atoms with Gasteiger partial charge in [-0.1, -0.05) is 12.1 Å². The van der Waals surface area contributed by atoms with E-state index in [2.05, 4.69) is 5.32 Å². The molecule has 2 unspecified atom stereocenters. The lowest BCUT2D eigenvalue weighted by Crippen LogP contribution is -2.46. The van der Waals surface area contributed by atoms with Crippen LogP contribution in [0.5, 0.6) is 5.75 Å². The van der Waals surface area contributed by atoms with E-state index in [1.165, 1.54) is 17.0 Å². The SMILES string of the molecule is CC(CNC(=O)N(C)C(C)CO)Oc1ccccc1F. The van der Waals surface area contributed by atoms with Crippen LogP contribution in [0.3, 0.4) is 0 Å². The molecule has 2 N–H and O–H groups in total. The van der Waals surface area contributed by atoms with Crippen molar-refractivity contribution in [3.63, 3.8) is 0 Å². The van der Waals surface area contributed by atoms with E-state index in [0.29, 0.717) is 0 Å². The van der Waals surface area contributed by atoms with Crippen molar-refractivity contribution < 1.29 is 19.0 Å². The van der Waals surface area contributed by atoms with Crippen LogP contribution < -0.4 is 10.1 Å². The largest absolute Gasteiger partial charge is 0.486 e. The van der Waals surface area contributed by atoms with E-state index in [4.69, 9.17) is 9.84 Å². The Morgan fingerprint density at radius 2 is 2.10 bits per heavy atom. The summed E-state index contributed by atoms with van der Waals surface area (Å²) in [5.41, 5.74) is 0. The van der Waals surface area contributed by atoms with Gasteiger partial charge in [-0.15, -0.1) is 0 Å². The molecule has 5 nitrogen and oxygen atoms in total. The van der Waals surface area contributed by atoms with Gasteiger partial charge in [0.25, 0.3) is 0 Å². The number of nitrogens with one attached hydrogen (secondary N) is 1. The summed E-state index contributed by atoms with van der Waals surface area (Å²) in [6.07, 6.45) is -0.367. The topological polar surface area (TPSA) is 61.8 Å². The first-order valence-electron chi connectivity index (χ1n) is 6.48. The number of carbonyl (C=O) groups excluding carboxylic acids is 1. The molecule has 0 saturated heterocycles. The lowest BCUT2D eigenvalue weighted by atomic mass is 10.3. The minimum atomic E-state index is -0.434. The zero-order valence-electron chi connectivity index (χ0n) is 12.0. The highest BCUT2D eigenvalue weighted by molar-refractivity contribution is 5.74. The zero-order valence-corrected chi connectivity index (χ0v) is 12.0. The van der Waals surface area contributed by atoms with Crippen molar-refractivity contribution in [2.75, 3.05) is 20.2 Å².